The topological polar surface area (TPSA) is 47.6 Å². The molecule has 0 heterocycles. The molecule has 2 aromatic rings. The predicted octanol–water partition coefficient (Wildman–Crippen LogP) is 4.20. The van der Waals surface area contributed by atoms with E-state index in [9.17, 15) is 4.79 Å². The van der Waals surface area contributed by atoms with Gasteiger partial charge in [0.1, 0.15) is 0 Å². The average Bonchev–Trinajstić information content (AvgIpc) is 2.66. The van der Waals surface area contributed by atoms with Gasteiger partial charge in [-0.25, -0.2) is 0 Å². The lowest BCUT2D eigenvalue weighted by Gasteiger charge is -2.12. The highest BCUT2D eigenvalue weighted by molar-refractivity contribution is 5.91. The molecule has 2 rings (SSSR count). The van der Waals surface area contributed by atoms with Crippen molar-refractivity contribution in [2.24, 2.45) is 0 Å². The number of hydrogen-bond donors (Lipinski definition) is 1. The molecule has 1 N–H and O–H groups in total. The molecule has 0 spiro atoms. The van der Waals surface area contributed by atoms with Crippen molar-refractivity contribution in [3.8, 4) is 11.5 Å². The molecular weight excluding hydrogens is 314 g/mol. The Morgan fingerprint density at radius 2 is 1.92 bits per heavy atom. The van der Waals surface area contributed by atoms with Crippen LogP contribution >= 0.6 is 0 Å². The summed E-state index contributed by atoms with van der Waals surface area (Å²) >= 11 is 0. The van der Waals surface area contributed by atoms with Crippen LogP contribution in [-0.2, 0) is 11.3 Å². The summed E-state index contributed by atoms with van der Waals surface area (Å²) in [6.07, 6.45) is 5.42. The molecule has 4 nitrogen and oxygen atoms in total. The second-order valence-corrected chi connectivity index (χ2v) is 5.65. The highest BCUT2D eigenvalue weighted by Crippen LogP contribution is 2.28. The fourth-order valence-electron chi connectivity index (χ4n) is 2.25. The van der Waals surface area contributed by atoms with Crippen LogP contribution in [-0.4, -0.2) is 19.6 Å². The molecule has 0 bridgehead atoms. The Bertz CT molecular complexity index is 696. The fraction of sp³-hybridized carbons (Fsp3) is 0.286. The number of carbonyl (C=O) groups excluding carboxylic acids is 1. The van der Waals surface area contributed by atoms with E-state index in [1.54, 1.807) is 13.2 Å². The van der Waals surface area contributed by atoms with Crippen molar-refractivity contribution in [1.29, 1.82) is 0 Å². The van der Waals surface area contributed by atoms with E-state index in [2.05, 4.69) is 12.2 Å². The molecule has 0 radical (unpaired) electrons. The van der Waals surface area contributed by atoms with E-state index in [0.29, 0.717) is 18.9 Å². The Kier molecular flexibility index (Phi) is 7.57. The highest BCUT2D eigenvalue weighted by atomic mass is 16.5. The summed E-state index contributed by atoms with van der Waals surface area (Å²) < 4.78 is 11.1. The lowest BCUT2D eigenvalue weighted by molar-refractivity contribution is -0.116. The van der Waals surface area contributed by atoms with Crippen LogP contribution in [0.25, 0.3) is 6.08 Å². The molecule has 0 saturated carbocycles. The standard InChI is InChI=1S/C21H25NO3/c1-3-4-14-25-19-12-10-18(15-20(19)24-2)16-22-21(23)13-11-17-8-6-5-7-9-17/h5-13,15H,3-4,14,16H2,1-2H3,(H,22,23)/b13-11+. The van der Waals surface area contributed by atoms with Gasteiger partial charge in [0.15, 0.2) is 11.5 Å². The largest absolute Gasteiger partial charge is 0.493 e. The number of hydrogen-bond acceptors (Lipinski definition) is 3. The first kappa shape index (κ1) is 18.6. The van der Waals surface area contributed by atoms with Crippen molar-refractivity contribution >= 4 is 12.0 Å². The Hall–Kier alpha value is -2.75. The zero-order valence-corrected chi connectivity index (χ0v) is 14.8. The molecular formula is C21H25NO3. The number of nitrogens with one attached hydrogen (secondary N) is 1. The molecule has 0 aliphatic carbocycles. The third kappa shape index (κ3) is 6.34. The van der Waals surface area contributed by atoms with E-state index in [-0.39, 0.29) is 5.91 Å². The van der Waals surface area contributed by atoms with Crippen molar-refractivity contribution in [3.05, 3.63) is 65.7 Å². The van der Waals surface area contributed by atoms with E-state index < -0.39 is 0 Å². The van der Waals surface area contributed by atoms with Crippen molar-refractivity contribution in [1.82, 2.24) is 5.32 Å². The first-order valence-corrected chi connectivity index (χ1v) is 8.53. The minimum Gasteiger partial charge on any atom is -0.493 e. The lowest BCUT2D eigenvalue weighted by Crippen LogP contribution is -2.20. The van der Waals surface area contributed by atoms with E-state index in [4.69, 9.17) is 9.47 Å². The van der Waals surface area contributed by atoms with Gasteiger partial charge in [-0.1, -0.05) is 49.7 Å². The number of rotatable bonds is 9. The monoisotopic (exact) mass is 339 g/mol. The van der Waals surface area contributed by atoms with Crippen LogP contribution in [0, 0.1) is 0 Å². The first-order valence-electron chi connectivity index (χ1n) is 8.53. The summed E-state index contributed by atoms with van der Waals surface area (Å²) in [5.74, 6) is 1.28. The SMILES string of the molecule is CCCCOc1ccc(CNC(=O)/C=C/c2ccccc2)cc1OC. The fourth-order valence-corrected chi connectivity index (χ4v) is 2.25. The van der Waals surface area contributed by atoms with Crippen molar-refractivity contribution in [3.63, 3.8) is 0 Å². The number of carbonyl (C=O) groups is 1. The quantitative estimate of drug-likeness (QED) is 0.550. The molecule has 0 unspecified atom stereocenters. The minimum atomic E-state index is -0.133. The third-order valence-corrected chi connectivity index (χ3v) is 3.68. The van der Waals surface area contributed by atoms with Crippen molar-refractivity contribution in [2.75, 3.05) is 13.7 Å². The smallest absolute Gasteiger partial charge is 0.244 e. The Balaban J connectivity index is 1.89. The summed E-state index contributed by atoms with van der Waals surface area (Å²) in [4.78, 5) is 11.9. The highest BCUT2D eigenvalue weighted by Gasteiger charge is 2.06. The van der Waals surface area contributed by atoms with Gasteiger partial charge in [0.25, 0.3) is 0 Å². The predicted molar refractivity (Wildman–Crippen MR) is 101 cm³/mol. The molecule has 4 heteroatoms. The lowest BCUT2D eigenvalue weighted by atomic mass is 10.2. The minimum absolute atomic E-state index is 0.133. The van der Waals surface area contributed by atoms with E-state index in [1.165, 1.54) is 6.08 Å². The summed E-state index contributed by atoms with van der Waals surface area (Å²) in [6, 6.07) is 15.4. The molecule has 0 aliphatic rings. The summed E-state index contributed by atoms with van der Waals surface area (Å²) in [7, 11) is 1.62. The van der Waals surface area contributed by atoms with Crippen LogP contribution in [0.1, 0.15) is 30.9 Å². The average molecular weight is 339 g/mol. The van der Waals surface area contributed by atoms with Gasteiger partial charge < -0.3 is 14.8 Å². The van der Waals surface area contributed by atoms with Gasteiger partial charge in [0.2, 0.25) is 5.91 Å². The van der Waals surface area contributed by atoms with Gasteiger partial charge in [-0.2, -0.15) is 0 Å². The molecule has 0 atom stereocenters. The molecule has 25 heavy (non-hydrogen) atoms. The van der Waals surface area contributed by atoms with Crippen LogP contribution in [0.4, 0.5) is 0 Å². The number of benzene rings is 2. The third-order valence-electron chi connectivity index (χ3n) is 3.68. The van der Waals surface area contributed by atoms with Crippen LogP contribution in [0.15, 0.2) is 54.6 Å². The second kappa shape index (κ2) is 10.2. The summed E-state index contributed by atoms with van der Waals surface area (Å²) in [6.45, 7) is 3.23. The maximum Gasteiger partial charge on any atom is 0.244 e. The van der Waals surface area contributed by atoms with Gasteiger partial charge in [0, 0.05) is 12.6 Å². The number of unbranched alkanes of at least 4 members (excludes halogenated alkanes) is 1. The number of ether oxygens (including phenoxy) is 2. The Morgan fingerprint density at radius 1 is 1.12 bits per heavy atom. The summed E-state index contributed by atoms with van der Waals surface area (Å²) in [5.41, 5.74) is 1.95. The maximum atomic E-state index is 11.9. The van der Waals surface area contributed by atoms with E-state index >= 15 is 0 Å². The maximum absolute atomic E-state index is 11.9. The van der Waals surface area contributed by atoms with E-state index in [1.807, 2.05) is 48.5 Å². The second-order valence-electron chi connectivity index (χ2n) is 5.65. The molecule has 0 aromatic heterocycles. The van der Waals surface area contributed by atoms with Gasteiger partial charge in [-0.15, -0.1) is 0 Å². The van der Waals surface area contributed by atoms with Crippen LogP contribution in [0.2, 0.25) is 0 Å². The van der Waals surface area contributed by atoms with Gasteiger partial charge >= 0.3 is 0 Å². The zero-order valence-electron chi connectivity index (χ0n) is 14.8. The Morgan fingerprint density at radius 3 is 2.64 bits per heavy atom. The number of methoxy groups -OCH3 is 1. The van der Waals surface area contributed by atoms with Crippen LogP contribution in [0.5, 0.6) is 11.5 Å². The molecule has 0 aliphatic heterocycles. The normalized spacial score (nSPS) is 10.6. The molecule has 2 aromatic carbocycles. The number of amides is 1. The van der Waals surface area contributed by atoms with Crippen molar-refractivity contribution in [2.45, 2.75) is 26.3 Å². The van der Waals surface area contributed by atoms with Gasteiger partial charge in [0.05, 0.1) is 13.7 Å². The molecule has 0 fully saturated rings. The van der Waals surface area contributed by atoms with Crippen molar-refractivity contribution < 1.29 is 14.3 Å². The van der Waals surface area contributed by atoms with Crippen LogP contribution < -0.4 is 14.8 Å². The molecule has 132 valence electrons. The molecule has 1 amide bonds. The first-order chi connectivity index (χ1) is 12.2. The van der Waals surface area contributed by atoms with Gasteiger partial charge in [-0.3, -0.25) is 4.79 Å². The van der Waals surface area contributed by atoms with Gasteiger partial charge in [-0.05, 0) is 35.8 Å². The zero-order chi connectivity index (χ0) is 17.9. The van der Waals surface area contributed by atoms with E-state index in [0.717, 1.165) is 29.7 Å². The Labute approximate surface area is 149 Å². The summed E-state index contributed by atoms with van der Waals surface area (Å²) in [5, 5.41) is 2.87. The van der Waals surface area contributed by atoms with Crippen LogP contribution in [0.3, 0.4) is 0 Å². The molecule has 0 saturated heterocycles.